The van der Waals surface area contributed by atoms with Gasteiger partial charge in [-0.2, -0.15) is 0 Å². The number of aryl methyl sites for hydroxylation is 1. The van der Waals surface area contributed by atoms with Gasteiger partial charge in [-0.15, -0.1) is 0 Å². The van der Waals surface area contributed by atoms with Gasteiger partial charge in [-0.25, -0.2) is 4.98 Å². The van der Waals surface area contributed by atoms with Crippen molar-refractivity contribution in [2.45, 2.75) is 25.8 Å². The zero-order chi connectivity index (χ0) is 10.7. The van der Waals surface area contributed by atoms with Crippen molar-refractivity contribution < 1.29 is 0 Å². The Bertz CT molecular complexity index is 307. The number of aromatic amines is 1. The minimum absolute atomic E-state index is 0.407. The van der Waals surface area contributed by atoms with Gasteiger partial charge in [0.05, 0.1) is 6.04 Å². The van der Waals surface area contributed by atoms with Crippen LogP contribution in [-0.4, -0.2) is 41.5 Å². The predicted molar refractivity (Wildman–Crippen MR) is 60.8 cm³/mol. The first kappa shape index (κ1) is 10.6. The Morgan fingerprint density at radius 1 is 1.60 bits per heavy atom. The van der Waals surface area contributed by atoms with Gasteiger partial charge in [0, 0.05) is 31.5 Å². The van der Waals surface area contributed by atoms with E-state index >= 15 is 0 Å². The summed E-state index contributed by atoms with van der Waals surface area (Å²) in [7, 11) is 2.16. The van der Waals surface area contributed by atoms with Crippen LogP contribution in [0.4, 0.5) is 0 Å². The number of imidazole rings is 1. The highest BCUT2D eigenvalue weighted by Gasteiger charge is 2.22. The second-order valence-corrected chi connectivity index (χ2v) is 4.24. The van der Waals surface area contributed by atoms with E-state index in [9.17, 15) is 0 Å². The summed E-state index contributed by atoms with van der Waals surface area (Å²) in [6.07, 6.45) is 4.23. The predicted octanol–water partition coefficient (Wildman–Crippen LogP) is 0.938. The van der Waals surface area contributed by atoms with Crippen LogP contribution in [0.15, 0.2) is 6.20 Å². The fourth-order valence-electron chi connectivity index (χ4n) is 2.05. The van der Waals surface area contributed by atoms with Gasteiger partial charge in [0.25, 0.3) is 0 Å². The number of aromatic nitrogens is 2. The number of hydrogen-bond acceptors (Lipinski definition) is 3. The smallest absolute Gasteiger partial charge is 0.124 e. The molecule has 0 spiro atoms. The molecule has 15 heavy (non-hydrogen) atoms. The number of hydrogen-bond donors (Lipinski definition) is 2. The maximum Gasteiger partial charge on any atom is 0.124 e. The fraction of sp³-hybridized carbons (Fsp3) is 0.727. The highest BCUT2D eigenvalue weighted by molar-refractivity contribution is 5.06. The lowest BCUT2D eigenvalue weighted by Crippen LogP contribution is -2.44. The van der Waals surface area contributed by atoms with Crippen LogP contribution in [0.1, 0.15) is 30.9 Å². The van der Waals surface area contributed by atoms with Gasteiger partial charge in [-0.05, 0) is 13.5 Å². The lowest BCUT2D eigenvalue weighted by molar-refractivity contribution is 0.195. The summed E-state index contributed by atoms with van der Waals surface area (Å²) in [6, 6.07) is 0.407. The van der Waals surface area contributed by atoms with Gasteiger partial charge in [0.15, 0.2) is 0 Å². The third kappa shape index (κ3) is 2.38. The molecule has 84 valence electrons. The van der Waals surface area contributed by atoms with E-state index in [1.807, 2.05) is 6.20 Å². The standard InChI is InChI=1S/C11H20N4/c1-3-4-9-7-13-11(14-9)10-8-12-5-6-15(10)2/h7,10,12H,3-6,8H2,1-2H3,(H,13,14). The van der Waals surface area contributed by atoms with Crippen LogP contribution in [0.25, 0.3) is 0 Å². The summed E-state index contributed by atoms with van der Waals surface area (Å²) in [6.45, 7) is 5.36. The summed E-state index contributed by atoms with van der Waals surface area (Å²) in [5.74, 6) is 1.10. The van der Waals surface area contributed by atoms with Crippen LogP contribution in [0.5, 0.6) is 0 Å². The van der Waals surface area contributed by atoms with Gasteiger partial charge in [0.2, 0.25) is 0 Å². The van der Waals surface area contributed by atoms with E-state index in [0.717, 1.165) is 31.9 Å². The van der Waals surface area contributed by atoms with Crippen LogP contribution in [0.3, 0.4) is 0 Å². The van der Waals surface area contributed by atoms with Crippen molar-refractivity contribution in [3.63, 3.8) is 0 Å². The number of H-pyrrole nitrogens is 1. The van der Waals surface area contributed by atoms with Crippen LogP contribution in [0, 0.1) is 0 Å². The zero-order valence-electron chi connectivity index (χ0n) is 9.58. The van der Waals surface area contributed by atoms with Gasteiger partial charge in [-0.3, -0.25) is 4.90 Å². The first-order valence-electron chi connectivity index (χ1n) is 5.76. The molecular weight excluding hydrogens is 188 g/mol. The first-order chi connectivity index (χ1) is 7.31. The van der Waals surface area contributed by atoms with Gasteiger partial charge < -0.3 is 10.3 Å². The molecule has 2 rings (SSSR count). The Hall–Kier alpha value is -0.870. The molecule has 0 aromatic carbocycles. The van der Waals surface area contributed by atoms with Crippen molar-refractivity contribution in [1.82, 2.24) is 20.2 Å². The largest absolute Gasteiger partial charge is 0.345 e. The van der Waals surface area contributed by atoms with Gasteiger partial charge in [0.1, 0.15) is 5.82 Å². The number of piperazine rings is 1. The van der Waals surface area contributed by atoms with E-state index in [4.69, 9.17) is 0 Å². The maximum absolute atomic E-state index is 4.47. The Balaban J connectivity index is 2.06. The molecule has 2 N–H and O–H groups in total. The van der Waals surface area contributed by atoms with Crippen molar-refractivity contribution >= 4 is 0 Å². The SMILES string of the molecule is CCCc1cnc(C2CNCCN2C)[nH]1. The molecule has 1 unspecified atom stereocenters. The average molecular weight is 208 g/mol. The van der Waals surface area contributed by atoms with E-state index in [-0.39, 0.29) is 0 Å². The van der Waals surface area contributed by atoms with Crippen molar-refractivity contribution in [2.75, 3.05) is 26.7 Å². The molecule has 1 aromatic rings. The molecular formula is C11H20N4. The van der Waals surface area contributed by atoms with Crippen LogP contribution in [-0.2, 0) is 6.42 Å². The molecule has 1 fully saturated rings. The molecule has 0 aliphatic carbocycles. The number of nitrogens with one attached hydrogen (secondary N) is 2. The first-order valence-corrected chi connectivity index (χ1v) is 5.76. The minimum atomic E-state index is 0.407. The molecule has 2 heterocycles. The Morgan fingerprint density at radius 2 is 2.47 bits per heavy atom. The van der Waals surface area contributed by atoms with Crippen molar-refractivity contribution in [2.24, 2.45) is 0 Å². The van der Waals surface area contributed by atoms with Crippen molar-refractivity contribution in [1.29, 1.82) is 0 Å². The summed E-state index contributed by atoms with van der Waals surface area (Å²) < 4.78 is 0. The van der Waals surface area contributed by atoms with Crippen LogP contribution < -0.4 is 5.32 Å². The second kappa shape index (κ2) is 4.77. The van der Waals surface area contributed by atoms with E-state index in [0.29, 0.717) is 6.04 Å². The summed E-state index contributed by atoms with van der Waals surface area (Å²) in [4.78, 5) is 10.2. The fourth-order valence-corrected chi connectivity index (χ4v) is 2.05. The van der Waals surface area contributed by atoms with Crippen LogP contribution >= 0.6 is 0 Å². The Labute approximate surface area is 91.1 Å². The highest BCUT2D eigenvalue weighted by atomic mass is 15.2. The van der Waals surface area contributed by atoms with E-state index in [2.05, 4.69) is 34.2 Å². The van der Waals surface area contributed by atoms with E-state index < -0.39 is 0 Å². The molecule has 0 amide bonds. The van der Waals surface area contributed by atoms with Crippen molar-refractivity contribution in [3.05, 3.63) is 17.7 Å². The molecule has 4 nitrogen and oxygen atoms in total. The summed E-state index contributed by atoms with van der Waals surface area (Å²) >= 11 is 0. The summed E-state index contributed by atoms with van der Waals surface area (Å²) in [5, 5.41) is 3.40. The quantitative estimate of drug-likeness (QED) is 0.777. The topological polar surface area (TPSA) is 44.0 Å². The zero-order valence-corrected chi connectivity index (χ0v) is 9.58. The highest BCUT2D eigenvalue weighted by Crippen LogP contribution is 2.17. The lowest BCUT2D eigenvalue weighted by atomic mass is 10.2. The molecule has 1 saturated heterocycles. The molecule has 1 atom stereocenters. The average Bonchev–Trinajstić information content (AvgIpc) is 2.68. The minimum Gasteiger partial charge on any atom is -0.345 e. The van der Waals surface area contributed by atoms with E-state index in [1.54, 1.807) is 0 Å². The molecule has 4 heteroatoms. The number of nitrogens with zero attached hydrogens (tertiary/aromatic N) is 2. The number of likely N-dealkylation sites (N-methyl/N-ethyl adjacent to an activating group) is 1. The molecule has 1 aromatic heterocycles. The summed E-state index contributed by atoms with van der Waals surface area (Å²) in [5.41, 5.74) is 1.26. The molecule has 1 aliphatic heterocycles. The Morgan fingerprint density at radius 3 is 3.20 bits per heavy atom. The third-order valence-corrected chi connectivity index (χ3v) is 2.99. The Kier molecular flexibility index (Phi) is 3.38. The van der Waals surface area contributed by atoms with E-state index in [1.165, 1.54) is 12.1 Å². The third-order valence-electron chi connectivity index (χ3n) is 2.99. The second-order valence-electron chi connectivity index (χ2n) is 4.24. The normalized spacial score (nSPS) is 23.2. The van der Waals surface area contributed by atoms with Crippen molar-refractivity contribution in [3.8, 4) is 0 Å². The maximum atomic E-state index is 4.47. The number of rotatable bonds is 3. The van der Waals surface area contributed by atoms with Gasteiger partial charge in [-0.1, -0.05) is 13.3 Å². The molecule has 0 radical (unpaired) electrons. The lowest BCUT2D eigenvalue weighted by Gasteiger charge is -2.31. The van der Waals surface area contributed by atoms with Crippen LogP contribution in [0.2, 0.25) is 0 Å². The molecule has 0 saturated carbocycles. The molecule has 0 bridgehead atoms. The molecule has 1 aliphatic rings. The monoisotopic (exact) mass is 208 g/mol. The van der Waals surface area contributed by atoms with Gasteiger partial charge >= 0.3 is 0 Å².